The van der Waals surface area contributed by atoms with Crippen LogP contribution in [-0.2, 0) is 4.79 Å². The fourth-order valence-electron chi connectivity index (χ4n) is 5.86. The molecule has 0 aromatic rings. The molecule has 1 aliphatic rings. The molecular weight excluding hydrogens is 428 g/mol. The zero-order chi connectivity index (χ0) is 26.1. The molecule has 1 aliphatic carbocycles. The molecular formula is C29H55O5-. The van der Waals surface area contributed by atoms with Gasteiger partial charge in [0.15, 0.2) is 0 Å². The number of aliphatic hydroxyl groups excluding tert-OH is 1. The Bertz CT molecular complexity index is 587. The molecule has 5 nitrogen and oxygen atoms in total. The van der Waals surface area contributed by atoms with Crippen LogP contribution in [-0.4, -0.2) is 38.6 Å². The molecule has 0 radical (unpaired) electrons. The normalized spacial score (nSPS) is 30.8. The quantitative estimate of drug-likeness (QED) is 0.284. The van der Waals surface area contributed by atoms with Crippen molar-refractivity contribution in [1.29, 1.82) is 0 Å². The monoisotopic (exact) mass is 483 g/mol. The van der Waals surface area contributed by atoms with Crippen LogP contribution in [0.2, 0.25) is 0 Å². The summed E-state index contributed by atoms with van der Waals surface area (Å²) in [5.41, 5.74) is -1.54. The molecule has 1 rings (SSSR count). The molecule has 3 N–H and O–H groups in total. The molecule has 9 atom stereocenters. The van der Waals surface area contributed by atoms with Gasteiger partial charge in [0, 0.05) is 5.97 Å². The lowest BCUT2D eigenvalue weighted by Crippen LogP contribution is -2.39. The van der Waals surface area contributed by atoms with Gasteiger partial charge in [0.05, 0.1) is 17.3 Å². The largest absolute Gasteiger partial charge is 0.550 e. The SMILES string of the molecule is CC(CCCC(C)(O)CCCC(C)(O)CCCC(C)C(=O)[O-])CCC1CC(O)C(C)C(C)C1C. The summed E-state index contributed by atoms with van der Waals surface area (Å²) in [6, 6.07) is 0. The van der Waals surface area contributed by atoms with E-state index in [0.29, 0.717) is 61.7 Å². The van der Waals surface area contributed by atoms with Gasteiger partial charge in [0.1, 0.15) is 0 Å². The fourth-order valence-corrected chi connectivity index (χ4v) is 5.86. The summed E-state index contributed by atoms with van der Waals surface area (Å²) in [5, 5.41) is 42.6. The van der Waals surface area contributed by atoms with Gasteiger partial charge < -0.3 is 25.2 Å². The summed E-state index contributed by atoms with van der Waals surface area (Å²) in [6.45, 7) is 14.5. The van der Waals surface area contributed by atoms with E-state index in [2.05, 4.69) is 27.7 Å². The second kappa shape index (κ2) is 14.2. The van der Waals surface area contributed by atoms with Crippen LogP contribution in [0.4, 0.5) is 0 Å². The maximum atomic E-state index is 10.8. The van der Waals surface area contributed by atoms with Gasteiger partial charge in [-0.2, -0.15) is 0 Å². The van der Waals surface area contributed by atoms with E-state index in [0.717, 1.165) is 32.1 Å². The van der Waals surface area contributed by atoms with E-state index in [1.54, 1.807) is 13.8 Å². The van der Waals surface area contributed by atoms with Gasteiger partial charge in [-0.25, -0.2) is 0 Å². The van der Waals surface area contributed by atoms with Crippen molar-refractivity contribution in [3.63, 3.8) is 0 Å². The number of hydrogen-bond donors (Lipinski definition) is 3. The zero-order valence-electron chi connectivity index (χ0n) is 23.2. The molecule has 34 heavy (non-hydrogen) atoms. The van der Waals surface area contributed by atoms with E-state index in [1.807, 2.05) is 6.92 Å². The predicted molar refractivity (Wildman–Crippen MR) is 137 cm³/mol. The van der Waals surface area contributed by atoms with Crippen LogP contribution >= 0.6 is 0 Å². The van der Waals surface area contributed by atoms with Crippen LogP contribution in [0.3, 0.4) is 0 Å². The highest BCUT2D eigenvalue weighted by Gasteiger charge is 2.37. The Hall–Kier alpha value is -0.650. The van der Waals surface area contributed by atoms with Crippen LogP contribution in [0, 0.1) is 35.5 Å². The van der Waals surface area contributed by atoms with Gasteiger partial charge in [-0.3, -0.25) is 0 Å². The van der Waals surface area contributed by atoms with E-state index in [9.17, 15) is 25.2 Å². The predicted octanol–water partition coefficient (Wildman–Crippen LogP) is 5.09. The summed E-state index contributed by atoms with van der Waals surface area (Å²) < 4.78 is 0. The van der Waals surface area contributed by atoms with Gasteiger partial charge in [0.2, 0.25) is 0 Å². The third-order valence-electron chi connectivity index (χ3n) is 9.18. The molecule has 202 valence electrons. The fraction of sp³-hybridized carbons (Fsp3) is 0.966. The maximum Gasteiger partial charge on any atom is 0.0619 e. The van der Waals surface area contributed by atoms with Crippen LogP contribution < -0.4 is 5.11 Å². The highest BCUT2D eigenvalue weighted by Crippen LogP contribution is 2.41. The molecule has 0 amide bonds. The molecule has 0 aromatic carbocycles. The average Bonchev–Trinajstić information content (AvgIpc) is 2.73. The third-order valence-corrected chi connectivity index (χ3v) is 9.18. The smallest absolute Gasteiger partial charge is 0.0619 e. The Kier molecular flexibility index (Phi) is 13.1. The number of carboxylic acids is 1. The highest BCUT2D eigenvalue weighted by molar-refractivity contribution is 5.66. The van der Waals surface area contributed by atoms with Crippen molar-refractivity contribution < 1.29 is 25.2 Å². The van der Waals surface area contributed by atoms with Crippen molar-refractivity contribution in [1.82, 2.24) is 0 Å². The van der Waals surface area contributed by atoms with Crippen molar-refractivity contribution in [3.8, 4) is 0 Å². The minimum atomic E-state index is -1.03. The number of carboxylic acid groups (broad SMARTS) is 1. The first kappa shape index (κ1) is 31.4. The number of aliphatic carboxylic acids is 1. The molecule has 0 aromatic heterocycles. The van der Waals surface area contributed by atoms with E-state index < -0.39 is 23.1 Å². The Labute approximate surface area is 209 Å². The number of aliphatic hydroxyl groups is 3. The summed E-state index contributed by atoms with van der Waals surface area (Å²) in [6.07, 6.45) is 9.82. The zero-order valence-corrected chi connectivity index (χ0v) is 23.2. The lowest BCUT2D eigenvalue weighted by atomic mass is 9.66. The minimum absolute atomic E-state index is 0.159. The molecule has 1 saturated carbocycles. The first-order valence-corrected chi connectivity index (χ1v) is 14.0. The summed E-state index contributed by atoms with van der Waals surface area (Å²) in [7, 11) is 0. The minimum Gasteiger partial charge on any atom is -0.550 e. The number of rotatable bonds is 16. The first-order chi connectivity index (χ1) is 15.6. The van der Waals surface area contributed by atoms with Crippen molar-refractivity contribution in [2.45, 2.75) is 143 Å². The summed E-state index contributed by atoms with van der Waals surface area (Å²) in [4.78, 5) is 10.8. The van der Waals surface area contributed by atoms with Crippen LogP contribution in [0.1, 0.15) is 126 Å². The standard InChI is InChI=1S/C29H56O5/c1-20(13-14-25-19-26(30)24(5)22(3)23(25)4)11-8-15-28(6,33)17-10-18-29(7,34)16-9-12-21(2)27(31)32/h20-26,30,33-34H,8-19H2,1-7H3,(H,31,32)/p-1. The summed E-state index contributed by atoms with van der Waals surface area (Å²) >= 11 is 0. The van der Waals surface area contributed by atoms with Gasteiger partial charge in [-0.15, -0.1) is 0 Å². The summed E-state index contributed by atoms with van der Waals surface area (Å²) in [5.74, 6) is 1.36. The van der Waals surface area contributed by atoms with Crippen molar-refractivity contribution >= 4 is 5.97 Å². The maximum absolute atomic E-state index is 10.8. The lowest BCUT2D eigenvalue weighted by Gasteiger charge is -2.42. The average molecular weight is 484 g/mol. The van der Waals surface area contributed by atoms with Crippen LogP contribution in [0.25, 0.3) is 0 Å². The Balaban J connectivity index is 2.25. The second-order valence-electron chi connectivity index (χ2n) is 12.7. The van der Waals surface area contributed by atoms with E-state index in [-0.39, 0.29) is 6.10 Å². The topological polar surface area (TPSA) is 101 Å². The lowest BCUT2D eigenvalue weighted by molar-refractivity contribution is -0.311. The molecule has 1 fully saturated rings. The molecule has 0 saturated heterocycles. The number of hydrogen-bond acceptors (Lipinski definition) is 5. The number of carbonyl (C=O) groups excluding carboxylic acids is 1. The van der Waals surface area contributed by atoms with Crippen LogP contribution in [0.5, 0.6) is 0 Å². The Morgan fingerprint density at radius 3 is 1.88 bits per heavy atom. The second-order valence-corrected chi connectivity index (χ2v) is 12.7. The molecule has 0 heterocycles. The molecule has 5 heteroatoms. The van der Waals surface area contributed by atoms with Crippen molar-refractivity contribution in [3.05, 3.63) is 0 Å². The first-order valence-electron chi connectivity index (χ1n) is 14.0. The molecule has 0 aliphatic heterocycles. The van der Waals surface area contributed by atoms with Gasteiger partial charge >= 0.3 is 0 Å². The van der Waals surface area contributed by atoms with Gasteiger partial charge in [-0.05, 0) is 107 Å². The van der Waals surface area contributed by atoms with E-state index >= 15 is 0 Å². The van der Waals surface area contributed by atoms with Crippen molar-refractivity contribution in [2.75, 3.05) is 0 Å². The molecule has 0 bridgehead atoms. The number of carbonyl (C=O) groups is 1. The molecule has 9 unspecified atom stereocenters. The van der Waals surface area contributed by atoms with Gasteiger partial charge in [0.25, 0.3) is 0 Å². The molecule has 0 spiro atoms. The Morgan fingerprint density at radius 1 is 0.853 bits per heavy atom. The van der Waals surface area contributed by atoms with Crippen molar-refractivity contribution in [2.24, 2.45) is 35.5 Å². The van der Waals surface area contributed by atoms with E-state index in [4.69, 9.17) is 0 Å². The van der Waals surface area contributed by atoms with E-state index in [1.165, 1.54) is 12.8 Å². The van der Waals surface area contributed by atoms with Gasteiger partial charge in [-0.1, -0.05) is 53.9 Å². The van der Waals surface area contributed by atoms with Crippen LogP contribution in [0.15, 0.2) is 0 Å². The third kappa shape index (κ3) is 11.4. The Morgan fingerprint density at radius 2 is 1.35 bits per heavy atom. The highest BCUT2D eigenvalue weighted by atomic mass is 16.4.